The largest absolute Gasteiger partial charge is 0.0990 e. The summed E-state index contributed by atoms with van der Waals surface area (Å²) in [4.78, 5) is 2.45. The van der Waals surface area contributed by atoms with E-state index in [2.05, 4.69) is 31.4 Å². The molecule has 0 N–H and O–H groups in total. The third kappa shape index (κ3) is 9.95. The summed E-state index contributed by atoms with van der Waals surface area (Å²) in [6, 6.07) is 0. The molecule has 0 bridgehead atoms. The Morgan fingerprint density at radius 1 is 1.18 bits per heavy atom. The number of allylic oxidation sites excluding steroid dienone is 6. The van der Waals surface area contributed by atoms with Crippen LogP contribution in [-0.4, -0.2) is 0 Å². The van der Waals surface area contributed by atoms with Crippen molar-refractivity contribution < 1.29 is 0 Å². The van der Waals surface area contributed by atoms with Gasteiger partial charge in [0.05, 0.1) is 0 Å². The Hall–Kier alpha value is -0.950. The quantitative estimate of drug-likeness (QED) is 0.530. The second-order valence-corrected chi connectivity index (χ2v) is 3.84. The fourth-order valence-corrected chi connectivity index (χ4v) is 1.95. The van der Waals surface area contributed by atoms with Crippen molar-refractivity contribution in [1.82, 2.24) is 0 Å². The van der Waals surface area contributed by atoms with E-state index in [1.165, 1.54) is 11.3 Å². The maximum absolute atomic E-state index is 3.76. The highest BCUT2D eigenvalue weighted by Crippen LogP contribution is 2.29. The van der Waals surface area contributed by atoms with Crippen molar-refractivity contribution in [3.05, 3.63) is 59.4 Å². The lowest BCUT2D eigenvalue weighted by atomic mass is 10.2. The van der Waals surface area contributed by atoms with Gasteiger partial charge in [-0.05, 0) is 18.9 Å². The van der Waals surface area contributed by atoms with Crippen LogP contribution in [0.4, 0.5) is 0 Å². The average Bonchev–Trinajstić information content (AvgIpc) is 2.44. The molecule has 96 valence electrons. The van der Waals surface area contributed by atoms with Gasteiger partial charge >= 0.3 is 0 Å². The summed E-state index contributed by atoms with van der Waals surface area (Å²) in [7, 11) is 0. The molecule has 0 radical (unpaired) electrons. The third-order valence-electron chi connectivity index (χ3n) is 1.68. The molecule has 0 spiro atoms. The van der Waals surface area contributed by atoms with Crippen LogP contribution in [0.15, 0.2) is 59.4 Å². The van der Waals surface area contributed by atoms with Gasteiger partial charge in [-0.15, -0.1) is 0 Å². The normalized spacial score (nSPS) is 13.4. The molecule has 0 amide bonds. The molecule has 0 unspecified atom stereocenters. The van der Waals surface area contributed by atoms with Crippen molar-refractivity contribution in [3.63, 3.8) is 0 Å². The average molecular weight is 250 g/mol. The van der Waals surface area contributed by atoms with Gasteiger partial charge in [0.15, 0.2) is 0 Å². The number of hydrogen-bond donors (Lipinski definition) is 0. The Morgan fingerprint density at radius 2 is 1.82 bits per heavy atom. The number of thioether (sulfide) groups is 1. The maximum Gasteiger partial charge on any atom is 0.0116 e. The summed E-state index contributed by atoms with van der Waals surface area (Å²) in [5, 5.41) is 0. The van der Waals surface area contributed by atoms with Crippen LogP contribution in [0.5, 0.6) is 0 Å². The van der Waals surface area contributed by atoms with E-state index in [9.17, 15) is 0 Å². The summed E-state index contributed by atoms with van der Waals surface area (Å²) in [6.07, 6.45) is 14.6. The van der Waals surface area contributed by atoms with E-state index in [4.69, 9.17) is 0 Å². The summed E-state index contributed by atoms with van der Waals surface area (Å²) >= 11 is 1.74. The minimum atomic E-state index is 1.15. The van der Waals surface area contributed by atoms with Crippen LogP contribution in [-0.2, 0) is 0 Å². The molecule has 0 atom stereocenters. The van der Waals surface area contributed by atoms with Crippen LogP contribution < -0.4 is 0 Å². The predicted octanol–water partition coefficient (Wildman–Crippen LogP) is 6.26. The Labute approximate surface area is 112 Å². The highest BCUT2D eigenvalue weighted by molar-refractivity contribution is 8.07. The Morgan fingerprint density at radius 3 is 2.24 bits per heavy atom. The Kier molecular flexibility index (Phi) is 16.3. The molecular weight excluding hydrogens is 224 g/mol. The van der Waals surface area contributed by atoms with Crippen LogP contribution in [0.3, 0.4) is 0 Å². The van der Waals surface area contributed by atoms with E-state index in [0.717, 1.165) is 11.3 Å². The fraction of sp³-hybridized carbons (Fsp3) is 0.375. The zero-order valence-electron chi connectivity index (χ0n) is 11.7. The van der Waals surface area contributed by atoms with Gasteiger partial charge in [-0.3, -0.25) is 0 Å². The molecule has 0 aromatic heterocycles. The van der Waals surface area contributed by atoms with E-state index in [0.29, 0.717) is 0 Å². The van der Waals surface area contributed by atoms with Crippen LogP contribution in [0.2, 0.25) is 0 Å². The van der Waals surface area contributed by atoms with Crippen molar-refractivity contribution in [2.45, 2.75) is 40.5 Å². The molecule has 0 fully saturated rings. The monoisotopic (exact) mass is 250 g/mol. The van der Waals surface area contributed by atoms with Crippen molar-refractivity contribution in [2.24, 2.45) is 0 Å². The first-order valence-electron chi connectivity index (χ1n) is 6.36. The molecule has 1 aliphatic carbocycles. The molecule has 0 aromatic rings. The minimum Gasteiger partial charge on any atom is -0.0990 e. The van der Waals surface area contributed by atoms with Crippen molar-refractivity contribution in [3.8, 4) is 0 Å². The lowest BCUT2D eigenvalue weighted by Crippen LogP contribution is -1.80. The van der Waals surface area contributed by atoms with Gasteiger partial charge in [0.2, 0.25) is 0 Å². The van der Waals surface area contributed by atoms with Crippen LogP contribution in [0.25, 0.3) is 0 Å². The van der Waals surface area contributed by atoms with Crippen molar-refractivity contribution in [1.29, 1.82) is 0 Å². The zero-order valence-corrected chi connectivity index (χ0v) is 12.5. The summed E-state index contributed by atoms with van der Waals surface area (Å²) in [6.45, 7) is 15.4. The summed E-state index contributed by atoms with van der Waals surface area (Å²) < 4.78 is 0. The van der Waals surface area contributed by atoms with Gasteiger partial charge < -0.3 is 0 Å². The van der Waals surface area contributed by atoms with Crippen LogP contribution >= 0.6 is 11.8 Å². The molecule has 0 aromatic carbocycles. The van der Waals surface area contributed by atoms with E-state index in [1.807, 2.05) is 39.8 Å². The first kappa shape index (κ1) is 18.4. The molecule has 1 rings (SSSR count). The van der Waals surface area contributed by atoms with E-state index in [-0.39, 0.29) is 0 Å². The minimum absolute atomic E-state index is 1.15. The van der Waals surface area contributed by atoms with Crippen LogP contribution in [0, 0.1) is 0 Å². The molecule has 0 saturated heterocycles. The maximum atomic E-state index is 3.76. The van der Waals surface area contributed by atoms with Gasteiger partial charge in [0, 0.05) is 9.81 Å². The first-order valence-corrected chi connectivity index (χ1v) is 7.18. The summed E-state index contributed by atoms with van der Waals surface area (Å²) in [5.74, 6) is 0. The van der Waals surface area contributed by atoms with Crippen LogP contribution in [0.1, 0.15) is 40.5 Å². The van der Waals surface area contributed by atoms with E-state index in [1.54, 1.807) is 17.8 Å². The molecule has 0 nitrogen and oxygen atoms in total. The van der Waals surface area contributed by atoms with Gasteiger partial charge in [0.1, 0.15) is 0 Å². The molecule has 0 aliphatic heterocycles. The first-order chi connectivity index (χ1) is 8.36. The van der Waals surface area contributed by atoms with Gasteiger partial charge in [-0.1, -0.05) is 83.0 Å². The molecule has 1 heteroatoms. The zero-order chi connectivity index (χ0) is 13.5. The number of rotatable bonds is 4. The highest BCUT2D eigenvalue weighted by atomic mass is 32.2. The van der Waals surface area contributed by atoms with Crippen molar-refractivity contribution in [2.75, 3.05) is 0 Å². The molecule has 0 saturated carbocycles. The third-order valence-corrected chi connectivity index (χ3v) is 2.76. The standard InChI is InChI=1S/C12H14S.2C2H6/c1-3-8-11(4-2)13-12-9-6-5-7-10-12;2*1-2/h3-4,6,8-10H,1-2,5,7H2;2*1-2H3/b11-8+;;. The topological polar surface area (TPSA) is 0 Å². The molecule has 17 heavy (non-hydrogen) atoms. The second kappa shape index (κ2) is 15.0. The van der Waals surface area contributed by atoms with E-state index >= 15 is 0 Å². The Bertz CT molecular complexity index is 280. The smallest absolute Gasteiger partial charge is 0.0116 e. The Balaban J connectivity index is 0. The number of hydrogen-bond acceptors (Lipinski definition) is 1. The predicted molar refractivity (Wildman–Crippen MR) is 85.2 cm³/mol. The SMILES string of the molecule is C=C/C=C(\C=C)SC1=CCCC=C1.CC.CC. The highest BCUT2D eigenvalue weighted by Gasteiger charge is 1.99. The fourth-order valence-electron chi connectivity index (χ4n) is 1.06. The molecule has 1 aliphatic rings. The van der Waals surface area contributed by atoms with Gasteiger partial charge in [0.25, 0.3) is 0 Å². The van der Waals surface area contributed by atoms with Crippen molar-refractivity contribution >= 4 is 11.8 Å². The summed E-state index contributed by atoms with van der Waals surface area (Å²) in [5.41, 5.74) is 0. The van der Waals surface area contributed by atoms with Gasteiger partial charge in [-0.2, -0.15) is 0 Å². The lowest BCUT2D eigenvalue weighted by Gasteiger charge is -2.06. The second-order valence-electron chi connectivity index (χ2n) is 2.70. The molecule has 0 heterocycles. The van der Waals surface area contributed by atoms with E-state index < -0.39 is 0 Å². The molecular formula is C16H26S. The van der Waals surface area contributed by atoms with Gasteiger partial charge in [-0.25, -0.2) is 0 Å². The lowest BCUT2D eigenvalue weighted by molar-refractivity contribution is 1.03.